The van der Waals surface area contributed by atoms with Gasteiger partial charge >= 0.3 is 12.2 Å². The number of amides is 2. The van der Waals surface area contributed by atoms with Crippen LogP contribution in [-0.2, 0) is 22.6 Å². The number of carbonyl (C=O) groups excluding carboxylic acids is 2. The van der Waals surface area contributed by atoms with Crippen molar-refractivity contribution in [1.29, 1.82) is 0 Å². The summed E-state index contributed by atoms with van der Waals surface area (Å²) < 4.78 is 10.4. The lowest BCUT2D eigenvalue weighted by Gasteiger charge is -2.20. The van der Waals surface area contributed by atoms with Crippen LogP contribution in [0.3, 0.4) is 0 Å². The molecule has 0 atom stereocenters. The van der Waals surface area contributed by atoms with E-state index >= 15 is 0 Å². The van der Waals surface area contributed by atoms with E-state index in [1.807, 2.05) is 12.1 Å². The quantitative estimate of drug-likeness (QED) is 0.722. The topological polar surface area (TPSA) is 103 Å². The van der Waals surface area contributed by atoms with Crippen LogP contribution < -0.4 is 16.4 Å². The van der Waals surface area contributed by atoms with E-state index in [-0.39, 0.29) is 6.54 Å². The second kappa shape index (κ2) is 8.09. The van der Waals surface area contributed by atoms with Gasteiger partial charge in [0.2, 0.25) is 0 Å². The van der Waals surface area contributed by atoms with Crippen LogP contribution in [0.5, 0.6) is 0 Å². The predicted octanol–water partition coefficient (Wildman–Crippen LogP) is 3.32. The molecular weight excluding hydrogens is 322 g/mol. The van der Waals surface area contributed by atoms with Crippen LogP contribution in [0, 0.1) is 0 Å². The van der Waals surface area contributed by atoms with Crippen molar-refractivity contribution in [2.24, 2.45) is 0 Å². The minimum absolute atomic E-state index is 0.237. The Balaban J connectivity index is 2.61. The van der Waals surface area contributed by atoms with Crippen LogP contribution in [0.2, 0.25) is 0 Å². The lowest BCUT2D eigenvalue weighted by Crippen LogP contribution is -2.32. The zero-order valence-corrected chi connectivity index (χ0v) is 15.9. The van der Waals surface area contributed by atoms with E-state index in [4.69, 9.17) is 15.2 Å². The van der Waals surface area contributed by atoms with E-state index in [1.165, 1.54) is 0 Å². The molecule has 0 saturated carbocycles. The van der Waals surface area contributed by atoms with Crippen LogP contribution in [0.1, 0.15) is 52.7 Å². The second-order valence-corrected chi connectivity index (χ2v) is 7.74. The Bertz CT molecular complexity index is 616. The summed E-state index contributed by atoms with van der Waals surface area (Å²) in [4.78, 5) is 23.4. The van der Waals surface area contributed by atoms with Crippen molar-refractivity contribution in [3.63, 3.8) is 0 Å². The number of nitrogens with one attached hydrogen (secondary N) is 2. The number of benzene rings is 1. The van der Waals surface area contributed by atoms with E-state index in [2.05, 4.69) is 10.6 Å². The maximum absolute atomic E-state index is 11.7. The molecule has 0 heterocycles. The molecule has 1 rings (SSSR count). The molecule has 7 heteroatoms. The first-order valence-corrected chi connectivity index (χ1v) is 8.17. The van der Waals surface area contributed by atoms with Gasteiger partial charge < -0.3 is 25.8 Å². The Morgan fingerprint density at radius 2 is 1.40 bits per heavy atom. The van der Waals surface area contributed by atoms with E-state index in [1.54, 1.807) is 47.6 Å². The van der Waals surface area contributed by atoms with Gasteiger partial charge in [-0.3, -0.25) is 0 Å². The maximum Gasteiger partial charge on any atom is 0.407 e. The molecule has 1 aromatic carbocycles. The summed E-state index contributed by atoms with van der Waals surface area (Å²) in [6.07, 6.45) is -0.998. The predicted molar refractivity (Wildman–Crippen MR) is 97.0 cm³/mol. The van der Waals surface area contributed by atoms with Crippen molar-refractivity contribution in [2.75, 3.05) is 5.73 Å². The molecule has 2 amide bonds. The summed E-state index contributed by atoms with van der Waals surface area (Å²) in [5.41, 5.74) is 6.98. The molecule has 0 bridgehead atoms. The van der Waals surface area contributed by atoms with Crippen LogP contribution in [-0.4, -0.2) is 23.4 Å². The molecular formula is C18H29N3O4. The largest absolute Gasteiger partial charge is 0.444 e. The van der Waals surface area contributed by atoms with Crippen LogP contribution in [0.4, 0.5) is 15.3 Å². The monoisotopic (exact) mass is 351 g/mol. The van der Waals surface area contributed by atoms with Crippen LogP contribution in [0.15, 0.2) is 18.2 Å². The lowest BCUT2D eigenvalue weighted by atomic mass is 10.1. The first-order chi connectivity index (χ1) is 11.4. The highest BCUT2D eigenvalue weighted by Crippen LogP contribution is 2.15. The third kappa shape index (κ3) is 8.83. The summed E-state index contributed by atoms with van der Waals surface area (Å²) >= 11 is 0. The lowest BCUT2D eigenvalue weighted by molar-refractivity contribution is 0.0513. The van der Waals surface area contributed by atoms with Gasteiger partial charge in [0.05, 0.1) is 0 Å². The molecule has 7 nitrogen and oxygen atoms in total. The van der Waals surface area contributed by atoms with Gasteiger partial charge in [-0.15, -0.1) is 0 Å². The Kier molecular flexibility index (Phi) is 6.67. The minimum atomic E-state index is -0.561. The van der Waals surface area contributed by atoms with E-state index < -0.39 is 23.4 Å². The minimum Gasteiger partial charge on any atom is -0.444 e. The summed E-state index contributed by atoms with van der Waals surface area (Å²) in [6.45, 7) is 11.3. The first-order valence-electron chi connectivity index (χ1n) is 8.17. The summed E-state index contributed by atoms with van der Waals surface area (Å²) in [5, 5.41) is 5.35. The van der Waals surface area contributed by atoms with E-state index in [9.17, 15) is 9.59 Å². The normalized spacial score (nSPS) is 11.6. The van der Waals surface area contributed by atoms with Gasteiger partial charge in [-0.1, -0.05) is 12.1 Å². The van der Waals surface area contributed by atoms with Gasteiger partial charge in [0, 0.05) is 18.8 Å². The van der Waals surface area contributed by atoms with Crippen molar-refractivity contribution in [2.45, 2.75) is 65.8 Å². The number of nitrogens with two attached hydrogens (primary N) is 1. The Labute approximate surface area is 149 Å². The zero-order valence-electron chi connectivity index (χ0n) is 15.9. The summed E-state index contributed by atoms with van der Waals surface area (Å²) in [7, 11) is 0. The average molecular weight is 351 g/mol. The standard InChI is InChI=1S/C18H29N3O4/c1-17(2,3)24-15(22)20-10-12-7-8-14(19)13(9-12)11-21-16(23)25-18(4,5)6/h7-9H,10-11,19H2,1-6H3,(H,20,22)(H,21,23). The molecule has 0 aliphatic carbocycles. The van der Waals surface area contributed by atoms with Gasteiger partial charge in [-0.2, -0.15) is 0 Å². The highest BCUT2D eigenvalue weighted by molar-refractivity contribution is 5.68. The molecule has 0 aromatic heterocycles. The first kappa shape index (κ1) is 20.6. The summed E-state index contributed by atoms with van der Waals surface area (Å²) in [6, 6.07) is 5.37. The Morgan fingerprint density at radius 3 is 1.88 bits per heavy atom. The fourth-order valence-corrected chi connectivity index (χ4v) is 1.89. The smallest absolute Gasteiger partial charge is 0.407 e. The number of anilines is 1. The number of alkyl carbamates (subject to hydrolysis) is 2. The van der Waals surface area contributed by atoms with E-state index in [0.717, 1.165) is 11.1 Å². The van der Waals surface area contributed by atoms with Gasteiger partial charge in [-0.25, -0.2) is 9.59 Å². The highest BCUT2D eigenvalue weighted by Gasteiger charge is 2.17. The van der Waals surface area contributed by atoms with Crippen molar-refractivity contribution in [3.8, 4) is 0 Å². The Morgan fingerprint density at radius 1 is 0.920 bits per heavy atom. The third-order valence-corrected chi connectivity index (χ3v) is 2.87. The molecule has 0 spiro atoms. The number of rotatable bonds is 4. The fraction of sp³-hybridized carbons (Fsp3) is 0.556. The van der Waals surface area contributed by atoms with Gasteiger partial charge in [0.1, 0.15) is 11.2 Å². The summed E-state index contributed by atoms with van der Waals surface area (Å²) in [5.74, 6) is 0. The number of hydrogen-bond donors (Lipinski definition) is 3. The fourth-order valence-electron chi connectivity index (χ4n) is 1.89. The molecule has 1 aromatic rings. The van der Waals surface area contributed by atoms with E-state index in [0.29, 0.717) is 12.2 Å². The molecule has 4 N–H and O–H groups in total. The maximum atomic E-state index is 11.7. The number of ether oxygens (including phenoxy) is 2. The van der Waals surface area contributed by atoms with Crippen LogP contribution >= 0.6 is 0 Å². The zero-order chi connectivity index (χ0) is 19.3. The van der Waals surface area contributed by atoms with Gasteiger partial charge in [0.15, 0.2) is 0 Å². The number of hydrogen-bond acceptors (Lipinski definition) is 5. The second-order valence-electron chi connectivity index (χ2n) is 7.74. The van der Waals surface area contributed by atoms with Gasteiger partial charge in [0.25, 0.3) is 0 Å². The van der Waals surface area contributed by atoms with Crippen molar-refractivity contribution in [1.82, 2.24) is 10.6 Å². The Hall–Kier alpha value is -2.44. The molecule has 0 aliphatic rings. The molecule has 25 heavy (non-hydrogen) atoms. The molecule has 0 fully saturated rings. The number of nitrogen functional groups attached to an aromatic ring is 1. The third-order valence-electron chi connectivity index (χ3n) is 2.87. The molecule has 0 unspecified atom stereocenters. The van der Waals surface area contributed by atoms with Crippen molar-refractivity contribution in [3.05, 3.63) is 29.3 Å². The van der Waals surface area contributed by atoms with Crippen LogP contribution in [0.25, 0.3) is 0 Å². The van der Waals surface area contributed by atoms with Crippen molar-refractivity contribution >= 4 is 17.9 Å². The molecule has 140 valence electrons. The SMILES string of the molecule is CC(C)(C)OC(=O)NCc1ccc(N)c(CNC(=O)OC(C)(C)C)c1. The highest BCUT2D eigenvalue weighted by atomic mass is 16.6. The average Bonchev–Trinajstić information content (AvgIpc) is 2.41. The molecule has 0 radical (unpaired) electrons. The number of carbonyl (C=O) groups is 2. The molecule has 0 saturated heterocycles. The van der Waals surface area contributed by atoms with Gasteiger partial charge in [-0.05, 0) is 58.7 Å². The molecule has 0 aliphatic heterocycles. The van der Waals surface area contributed by atoms with Crippen molar-refractivity contribution < 1.29 is 19.1 Å².